The maximum atomic E-state index is 15.0. The van der Waals surface area contributed by atoms with E-state index in [2.05, 4.69) is 0 Å². The molecule has 0 unspecified atom stereocenters. The molecule has 5 aromatic carbocycles. The molecule has 0 amide bonds. The summed E-state index contributed by atoms with van der Waals surface area (Å²) < 4.78 is 44.9. The van der Waals surface area contributed by atoms with E-state index in [0.717, 1.165) is 21.5 Å². The predicted molar refractivity (Wildman–Crippen MR) is 121 cm³/mol. The summed E-state index contributed by atoms with van der Waals surface area (Å²) in [6.45, 7) is 0. The van der Waals surface area contributed by atoms with Crippen molar-refractivity contribution in [1.82, 2.24) is 0 Å². The zero-order chi connectivity index (χ0) is 20.7. The largest absolute Gasteiger partial charge is 0.308 e. The molecule has 0 radical (unpaired) electrons. The lowest BCUT2D eigenvalue weighted by molar-refractivity contribution is 0.585. The van der Waals surface area contributed by atoms with Crippen LogP contribution in [0.15, 0.2) is 103 Å². The molecule has 0 spiro atoms. The van der Waals surface area contributed by atoms with Crippen LogP contribution >= 0.6 is 7.14 Å². The minimum Gasteiger partial charge on any atom is -0.308 e. The van der Waals surface area contributed by atoms with E-state index in [9.17, 15) is 4.57 Å². The monoisotopic (exact) mass is 414 g/mol. The molecule has 0 saturated heterocycles. The molecule has 0 aromatic heterocycles. The molecule has 0 aliphatic rings. The molecule has 30 heavy (non-hydrogen) atoms. The number of halogens is 2. The zero-order valence-electron chi connectivity index (χ0n) is 15.9. The van der Waals surface area contributed by atoms with Gasteiger partial charge in [0.2, 0.25) is 0 Å². The fourth-order valence-electron chi connectivity index (χ4n) is 4.10. The highest BCUT2D eigenvalue weighted by atomic mass is 31.2. The molecule has 0 bridgehead atoms. The van der Waals surface area contributed by atoms with Gasteiger partial charge in [0.25, 0.3) is 0 Å². The van der Waals surface area contributed by atoms with Crippen LogP contribution in [0.3, 0.4) is 0 Å². The highest BCUT2D eigenvalue weighted by molar-refractivity contribution is 7.85. The Labute approximate surface area is 173 Å². The molecule has 146 valence electrons. The minimum atomic E-state index is -3.85. The number of benzene rings is 5. The third-order valence-corrected chi connectivity index (χ3v) is 8.60. The van der Waals surface area contributed by atoms with E-state index >= 15 is 8.78 Å². The van der Waals surface area contributed by atoms with Gasteiger partial charge in [0.15, 0.2) is 7.14 Å². The van der Waals surface area contributed by atoms with Gasteiger partial charge in [0, 0.05) is 5.30 Å². The standard InChI is InChI=1S/C26H17F2OP/c27-22-13-5-7-15-24(22)30(29,25-16-8-6-14-23(25)28)26-17-18-9-1-2-10-19(18)20-11-3-4-12-21(20)26/h1-17H. The van der Waals surface area contributed by atoms with Crippen LogP contribution in [-0.2, 0) is 4.57 Å². The first-order chi connectivity index (χ1) is 14.6. The molecule has 1 nitrogen and oxygen atoms in total. The van der Waals surface area contributed by atoms with Gasteiger partial charge in [-0.25, -0.2) is 8.78 Å². The Balaban J connectivity index is 1.99. The van der Waals surface area contributed by atoms with Gasteiger partial charge in [-0.1, -0.05) is 72.8 Å². The van der Waals surface area contributed by atoms with Gasteiger partial charge in [0.1, 0.15) is 11.6 Å². The average Bonchev–Trinajstić information content (AvgIpc) is 2.79. The van der Waals surface area contributed by atoms with Crippen LogP contribution in [0.1, 0.15) is 0 Å². The maximum Gasteiger partial charge on any atom is 0.177 e. The Hall–Kier alpha value is -3.29. The summed E-state index contributed by atoms with van der Waals surface area (Å²) in [5.74, 6) is -1.22. The quantitative estimate of drug-likeness (QED) is 0.265. The first kappa shape index (κ1) is 18.7. The van der Waals surface area contributed by atoms with Crippen molar-refractivity contribution >= 4 is 44.6 Å². The van der Waals surface area contributed by atoms with Crippen molar-refractivity contribution < 1.29 is 13.3 Å². The number of rotatable bonds is 3. The van der Waals surface area contributed by atoms with Gasteiger partial charge >= 0.3 is 0 Å². The van der Waals surface area contributed by atoms with Crippen molar-refractivity contribution in [3.05, 3.63) is 115 Å². The molecule has 4 heteroatoms. The maximum absolute atomic E-state index is 15.0. The molecule has 0 heterocycles. The molecular weight excluding hydrogens is 397 g/mol. The van der Waals surface area contributed by atoms with Crippen LogP contribution in [0, 0.1) is 11.6 Å². The minimum absolute atomic E-state index is 0.00975. The van der Waals surface area contributed by atoms with Crippen LogP contribution < -0.4 is 15.9 Å². The van der Waals surface area contributed by atoms with Gasteiger partial charge in [-0.05, 0) is 51.9 Å². The zero-order valence-corrected chi connectivity index (χ0v) is 16.8. The van der Waals surface area contributed by atoms with Gasteiger partial charge in [0.05, 0.1) is 10.6 Å². The fourth-order valence-corrected chi connectivity index (χ4v) is 7.08. The Morgan fingerprint density at radius 1 is 0.500 bits per heavy atom. The topological polar surface area (TPSA) is 17.1 Å². The summed E-state index contributed by atoms with van der Waals surface area (Å²) in [7, 11) is -3.85. The van der Waals surface area contributed by atoms with Gasteiger partial charge in [-0.2, -0.15) is 0 Å². The predicted octanol–water partition coefficient (Wildman–Crippen LogP) is 5.91. The Morgan fingerprint density at radius 3 is 1.57 bits per heavy atom. The van der Waals surface area contributed by atoms with Crippen LogP contribution in [0.2, 0.25) is 0 Å². The summed E-state index contributed by atoms with van der Waals surface area (Å²) in [6.07, 6.45) is 0. The second kappa shape index (κ2) is 7.19. The van der Waals surface area contributed by atoms with Crippen molar-refractivity contribution in [3.8, 4) is 0 Å². The molecule has 5 aromatic rings. The summed E-state index contributed by atoms with van der Waals surface area (Å²) >= 11 is 0. The average molecular weight is 414 g/mol. The molecule has 0 fully saturated rings. The Kier molecular flexibility index (Phi) is 4.49. The van der Waals surface area contributed by atoms with E-state index in [1.54, 1.807) is 24.3 Å². The second-order valence-electron chi connectivity index (χ2n) is 7.17. The third kappa shape index (κ3) is 2.78. The number of hydrogen-bond donors (Lipinski definition) is 0. The van der Waals surface area contributed by atoms with Crippen molar-refractivity contribution in [2.24, 2.45) is 0 Å². The van der Waals surface area contributed by atoms with Crippen molar-refractivity contribution in [3.63, 3.8) is 0 Å². The van der Waals surface area contributed by atoms with E-state index in [-0.39, 0.29) is 10.6 Å². The van der Waals surface area contributed by atoms with Crippen LogP contribution in [0.25, 0.3) is 21.5 Å². The lowest BCUT2D eigenvalue weighted by Crippen LogP contribution is -2.29. The van der Waals surface area contributed by atoms with E-state index in [0.29, 0.717) is 5.30 Å². The fraction of sp³-hybridized carbons (Fsp3) is 0. The lowest BCUT2D eigenvalue weighted by atomic mass is 10.0. The second-order valence-corrected chi connectivity index (χ2v) is 9.84. The highest BCUT2D eigenvalue weighted by Gasteiger charge is 2.36. The normalized spacial score (nSPS) is 11.8. The van der Waals surface area contributed by atoms with E-state index < -0.39 is 18.8 Å². The van der Waals surface area contributed by atoms with Crippen LogP contribution in [-0.4, -0.2) is 0 Å². The van der Waals surface area contributed by atoms with E-state index in [4.69, 9.17) is 0 Å². The van der Waals surface area contributed by atoms with Crippen molar-refractivity contribution in [2.75, 3.05) is 0 Å². The van der Waals surface area contributed by atoms with Gasteiger partial charge in [-0.3, -0.25) is 0 Å². The van der Waals surface area contributed by atoms with Gasteiger partial charge in [-0.15, -0.1) is 0 Å². The Morgan fingerprint density at radius 2 is 0.967 bits per heavy atom. The summed E-state index contributed by atoms with van der Waals surface area (Å²) in [4.78, 5) is 0. The van der Waals surface area contributed by atoms with Crippen molar-refractivity contribution in [1.29, 1.82) is 0 Å². The first-order valence-electron chi connectivity index (χ1n) is 9.62. The highest BCUT2D eigenvalue weighted by Crippen LogP contribution is 2.46. The molecular formula is C26H17F2OP. The third-order valence-electron chi connectivity index (χ3n) is 5.47. The van der Waals surface area contributed by atoms with Crippen molar-refractivity contribution in [2.45, 2.75) is 0 Å². The summed E-state index contributed by atoms with van der Waals surface area (Å²) in [6, 6.07) is 29.1. The molecule has 0 N–H and O–H groups in total. The smallest absolute Gasteiger partial charge is 0.177 e. The number of hydrogen-bond acceptors (Lipinski definition) is 1. The summed E-state index contributed by atoms with van der Waals surface area (Å²) in [5, 5.41) is 3.96. The Bertz CT molecular complexity index is 1410. The lowest BCUT2D eigenvalue weighted by Gasteiger charge is -2.23. The van der Waals surface area contributed by atoms with E-state index in [1.807, 2.05) is 54.6 Å². The molecule has 0 saturated carbocycles. The first-order valence-corrected chi connectivity index (χ1v) is 11.3. The van der Waals surface area contributed by atoms with Crippen LogP contribution in [0.5, 0.6) is 0 Å². The SMILES string of the molecule is O=P(c1ccccc1F)(c1ccccc1F)c1cc2ccccc2c2ccccc12. The molecule has 0 aliphatic heterocycles. The van der Waals surface area contributed by atoms with Crippen LogP contribution in [0.4, 0.5) is 8.78 Å². The number of fused-ring (bicyclic) bond motifs is 3. The van der Waals surface area contributed by atoms with Gasteiger partial charge < -0.3 is 4.57 Å². The summed E-state index contributed by atoms with van der Waals surface area (Å²) in [5.41, 5.74) is 0. The molecule has 0 aliphatic carbocycles. The molecule has 5 rings (SSSR count). The van der Waals surface area contributed by atoms with E-state index in [1.165, 1.54) is 24.3 Å². The molecule has 0 atom stereocenters.